The Bertz CT molecular complexity index is 494. The number of ether oxygens (including phenoxy) is 2. The average Bonchev–Trinajstić information content (AvgIpc) is 2.42. The first-order valence-corrected chi connectivity index (χ1v) is 6.91. The number of alkyl halides is 2. The fourth-order valence-corrected chi connectivity index (χ4v) is 2.00. The third-order valence-corrected chi connectivity index (χ3v) is 3.00. The Morgan fingerprint density at radius 1 is 1.32 bits per heavy atom. The molecule has 0 fully saturated rings. The molecule has 0 radical (unpaired) electrons. The number of benzene rings is 1. The average molecular weight is 317 g/mol. The van der Waals surface area contributed by atoms with Crippen molar-refractivity contribution in [2.24, 2.45) is 5.92 Å². The Morgan fingerprint density at radius 2 is 2.00 bits per heavy atom. The van der Waals surface area contributed by atoms with Gasteiger partial charge in [0.15, 0.2) is 11.5 Å². The lowest BCUT2D eigenvalue weighted by Gasteiger charge is -2.17. The molecule has 5 nitrogen and oxygen atoms in total. The molecule has 0 aromatic heterocycles. The zero-order valence-corrected chi connectivity index (χ0v) is 12.8. The maximum Gasteiger partial charge on any atom is 0.387 e. The van der Waals surface area contributed by atoms with Gasteiger partial charge in [0.25, 0.3) is 0 Å². The number of rotatable bonds is 9. The SMILES string of the molecule is COc1ccc(CN[C@H](CC(C)C)C(=O)O)cc1OC(F)F. The number of hydrogen-bond acceptors (Lipinski definition) is 4. The normalized spacial score (nSPS) is 12.5. The standard InChI is InChI=1S/C15H21F2NO4/c1-9(2)6-11(14(19)20)18-8-10-4-5-12(21-3)13(7-10)22-15(16)17/h4-5,7,9,11,15,18H,6,8H2,1-3H3,(H,19,20)/t11-/m1/s1. The molecule has 0 aliphatic rings. The van der Waals surface area contributed by atoms with E-state index in [4.69, 9.17) is 9.84 Å². The molecule has 0 amide bonds. The van der Waals surface area contributed by atoms with Crippen LogP contribution < -0.4 is 14.8 Å². The van der Waals surface area contributed by atoms with Crippen LogP contribution in [0.2, 0.25) is 0 Å². The zero-order chi connectivity index (χ0) is 16.7. The summed E-state index contributed by atoms with van der Waals surface area (Å²) in [6.45, 7) is 1.14. The Balaban J connectivity index is 2.78. The lowest BCUT2D eigenvalue weighted by molar-refractivity contribution is -0.140. The Labute approximate surface area is 128 Å². The number of hydrogen-bond donors (Lipinski definition) is 2. The third-order valence-electron chi connectivity index (χ3n) is 3.00. The molecular weight excluding hydrogens is 296 g/mol. The van der Waals surface area contributed by atoms with Crippen LogP contribution in [0.25, 0.3) is 0 Å². The smallest absolute Gasteiger partial charge is 0.387 e. The monoisotopic (exact) mass is 317 g/mol. The third kappa shape index (κ3) is 5.85. The molecule has 0 bridgehead atoms. The van der Waals surface area contributed by atoms with Gasteiger partial charge in [-0.1, -0.05) is 19.9 Å². The highest BCUT2D eigenvalue weighted by atomic mass is 19.3. The van der Waals surface area contributed by atoms with Gasteiger partial charge in [0.1, 0.15) is 6.04 Å². The fourth-order valence-electron chi connectivity index (χ4n) is 2.00. The van der Waals surface area contributed by atoms with E-state index in [1.807, 2.05) is 13.8 Å². The van der Waals surface area contributed by atoms with Crippen molar-refractivity contribution >= 4 is 5.97 Å². The van der Waals surface area contributed by atoms with E-state index in [0.29, 0.717) is 12.0 Å². The summed E-state index contributed by atoms with van der Waals surface area (Å²) >= 11 is 0. The Morgan fingerprint density at radius 3 is 2.50 bits per heavy atom. The molecule has 0 aliphatic heterocycles. The first-order valence-electron chi connectivity index (χ1n) is 6.91. The Kier molecular flexibility index (Phi) is 7.04. The van der Waals surface area contributed by atoms with E-state index in [2.05, 4.69) is 10.1 Å². The lowest BCUT2D eigenvalue weighted by atomic mass is 10.0. The lowest BCUT2D eigenvalue weighted by Crippen LogP contribution is -2.37. The molecule has 1 aromatic rings. The first kappa shape index (κ1) is 18.2. The number of nitrogens with one attached hydrogen (secondary N) is 1. The zero-order valence-electron chi connectivity index (χ0n) is 12.8. The van der Waals surface area contributed by atoms with E-state index in [9.17, 15) is 13.6 Å². The quantitative estimate of drug-likeness (QED) is 0.733. The van der Waals surface area contributed by atoms with Gasteiger partial charge in [-0.2, -0.15) is 8.78 Å². The molecule has 0 saturated carbocycles. The minimum Gasteiger partial charge on any atom is -0.493 e. The van der Waals surface area contributed by atoms with Crippen molar-refractivity contribution < 1.29 is 28.2 Å². The molecule has 0 saturated heterocycles. The number of carboxylic acid groups (broad SMARTS) is 1. The van der Waals surface area contributed by atoms with Gasteiger partial charge in [-0.3, -0.25) is 4.79 Å². The summed E-state index contributed by atoms with van der Waals surface area (Å²) in [5, 5.41) is 12.1. The number of methoxy groups -OCH3 is 1. The van der Waals surface area contributed by atoms with Crippen LogP contribution in [0.5, 0.6) is 11.5 Å². The highest BCUT2D eigenvalue weighted by Crippen LogP contribution is 2.29. The molecular formula is C15H21F2NO4. The molecule has 0 heterocycles. The van der Waals surface area contributed by atoms with Crippen molar-refractivity contribution in [1.29, 1.82) is 0 Å². The van der Waals surface area contributed by atoms with Crippen molar-refractivity contribution in [1.82, 2.24) is 5.32 Å². The van der Waals surface area contributed by atoms with Crippen molar-refractivity contribution in [3.63, 3.8) is 0 Å². The van der Waals surface area contributed by atoms with Gasteiger partial charge in [0.2, 0.25) is 0 Å². The van der Waals surface area contributed by atoms with Gasteiger partial charge in [-0.05, 0) is 30.0 Å². The van der Waals surface area contributed by atoms with Crippen LogP contribution in [0.3, 0.4) is 0 Å². The summed E-state index contributed by atoms with van der Waals surface area (Å²) in [6, 6.07) is 3.89. The van der Waals surface area contributed by atoms with Crippen molar-refractivity contribution in [3.8, 4) is 11.5 Å². The Hall–Kier alpha value is -1.89. The van der Waals surface area contributed by atoms with Gasteiger partial charge in [0.05, 0.1) is 7.11 Å². The van der Waals surface area contributed by atoms with Crippen LogP contribution >= 0.6 is 0 Å². The number of halogens is 2. The maximum absolute atomic E-state index is 12.4. The molecule has 0 spiro atoms. The van der Waals surface area contributed by atoms with Crippen LogP contribution in [-0.4, -0.2) is 30.8 Å². The first-order chi connectivity index (χ1) is 10.3. The summed E-state index contributed by atoms with van der Waals surface area (Å²) in [5.41, 5.74) is 0.631. The summed E-state index contributed by atoms with van der Waals surface area (Å²) in [7, 11) is 1.36. The van der Waals surface area contributed by atoms with Gasteiger partial charge >= 0.3 is 12.6 Å². The predicted octanol–water partition coefficient (Wildman–Crippen LogP) is 2.89. The highest BCUT2D eigenvalue weighted by molar-refractivity contribution is 5.73. The van der Waals surface area contributed by atoms with Crippen LogP contribution in [0.1, 0.15) is 25.8 Å². The summed E-state index contributed by atoms with van der Waals surface area (Å²) in [4.78, 5) is 11.2. The van der Waals surface area contributed by atoms with Gasteiger partial charge in [-0.15, -0.1) is 0 Å². The minimum atomic E-state index is -2.95. The van der Waals surface area contributed by atoms with Crippen molar-refractivity contribution in [2.75, 3.05) is 7.11 Å². The second-order valence-electron chi connectivity index (χ2n) is 5.26. The molecule has 0 unspecified atom stereocenters. The predicted molar refractivity (Wildman–Crippen MR) is 77.3 cm³/mol. The maximum atomic E-state index is 12.4. The highest BCUT2D eigenvalue weighted by Gasteiger charge is 2.18. The van der Waals surface area contributed by atoms with Gasteiger partial charge in [-0.25, -0.2) is 0 Å². The summed E-state index contributed by atoms with van der Waals surface area (Å²) < 4.78 is 34.1. The van der Waals surface area contributed by atoms with E-state index < -0.39 is 18.6 Å². The largest absolute Gasteiger partial charge is 0.493 e. The van der Waals surface area contributed by atoms with Crippen LogP contribution in [0.4, 0.5) is 8.78 Å². The molecule has 22 heavy (non-hydrogen) atoms. The van der Waals surface area contributed by atoms with Crippen LogP contribution in [0, 0.1) is 5.92 Å². The van der Waals surface area contributed by atoms with Gasteiger partial charge < -0.3 is 19.9 Å². The summed E-state index contributed by atoms with van der Waals surface area (Å²) in [6.07, 6.45) is 0.478. The molecule has 1 aromatic carbocycles. The topological polar surface area (TPSA) is 67.8 Å². The van der Waals surface area contributed by atoms with E-state index >= 15 is 0 Å². The number of carbonyl (C=O) groups is 1. The minimum absolute atomic E-state index is 0.0764. The molecule has 1 atom stereocenters. The molecule has 124 valence electrons. The number of aliphatic carboxylic acids is 1. The molecule has 2 N–H and O–H groups in total. The van der Waals surface area contributed by atoms with Gasteiger partial charge in [0, 0.05) is 6.54 Å². The van der Waals surface area contributed by atoms with Crippen molar-refractivity contribution in [2.45, 2.75) is 39.5 Å². The van der Waals surface area contributed by atoms with E-state index in [-0.39, 0.29) is 24.0 Å². The number of carboxylic acids is 1. The molecule has 7 heteroatoms. The van der Waals surface area contributed by atoms with Crippen molar-refractivity contribution in [3.05, 3.63) is 23.8 Å². The van der Waals surface area contributed by atoms with Crippen LogP contribution in [-0.2, 0) is 11.3 Å². The fraction of sp³-hybridized carbons (Fsp3) is 0.533. The van der Waals surface area contributed by atoms with Crippen LogP contribution in [0.15, 0.2) is 18.2 Å². The van der Waals surface area contributed by atoms with E-state index in [1.165, 1.54) is 19.2 Å². The molecule has 1 rings (SSSR count). The van der Waals surface area contributed by atoms with E-state index in [1.54, 1.807) is 6.07 Å². The molecule has 0 aliphatic carbocycles. The second kappa shape index (κ2) is 8.53. The van der Waals surface area contributed by atoms with E-state index in [0.717, 1.165) is 0 Å². The summed E-state index contributed by atoms with van der Waals surface area (Å²) in [5.74, 6) is -0.595. The second-order valence-corrected chi connectivity index (χ2v) is 5.26.